The van der Waals surface area contributed by atoms with Crippen molar-refractivity contribution in [2.75, 3.05) is 11.9 Å². The monoisotopic (exact) mass is 314 g/mol. The van der Waals surface area contributed by atoms with Crippen molar-refractivity contribution in [1.82, 2.24) is 5.32 Å². The Labute approximate surface area is 126 Å². The number of hydrogen-bond donors (Lipinski definition) is 3. The third kappa shape index (κ3) is 4.68. The quantitative estimate of drug-likeness (QED) is 0.724. The molecule has 2 rings (SSSR count). The summed E-state index contributed by atoms with van der Waals surface area (Å²) in [5.41, 5.74) is 0.236. The molecule has 1 saturated carbocycles. The molecule has 0 saturated heterocycles. The lowest BCUT2D eigenvalue weighted by Gasteiger charge is -2.10. The van der Waals surface area contributed by atoms with Gasteiger partial charge >= 0.3 is 11.8 Å². The van der Waals surface area contributed by atoms with E-state index in [2.05, 4.69) is 10.6 Å². The number of anilines is 1. The molecule has 1 aromatic rings. The van der Waals surface area contributed by atoms with Crippen LogP contribution in [0.25, 0.3) is 0 Å². The van der Waals surface area contributed by atoms with Gasteiger partial charge in [-0.15, -0.1) is 0 Å². The molecular weight excluding hydrogens is 299 g/mol. The first-order valence-corrected chi connectivity index (χ1v) is 7.07. The molecule has 0 spiro atoms. The van der Waals surface area contributed by atoms with Crippen LogP contribution in [-0.2, 0) is 9.59 Å². The van der Waals surface area contributed by atoms with Crippen LogP contribution in [0.4, 0.5) is 10.1 Å². The van der Waals surface area contributed by atoms with E-state index in [1.807, 2.05) is 0 Å². The van der Waals surface area contributed by atoms with E-state index in [9.17, 15) is 19.1 Å². The second-order valence-electron chi connectivity index (χ2n) is 5.03. The first-order chi connectivity index (χ1) is 9.97. The lowest BCUT2D eigenvalue weighted by atomic mass is 10.2. The van der Waals surface area contributed by atoms with Gasteiger partial charge < -0.3 is 15.7 Å². The van der Waals surface area contributed by atoms with E-state index in [4.69, 9.17) is 11.6 Å². The Hall–Kier alpha value is -1.66. The van der Waals surface area contributed by atoms with Crippen LogP contribution >= 0.6 is 11.6 Å². The summed E-state index contributed by atoms with van der Waals surface area (Å²) in [7, 11) is 0. The maximum Gasteiger partial charge on any atom is 0.313 e. The van der Waals surface area contributed by atoms with Gasteiger partial charge in [0, 0.05) is 12.2 Å². The average Bonchev–Trinajstić information content (AvgIpc) is 3.27. The summed E-state index contributed by atoms with van der Waals surface area (Å²) in [5, 5.41) is 14.2. The number of hydrogen-bond acceptors (Lipinski definition) is 3. The first kappa shape index (κ1) is 15.7. The van der Waals surface area contributed by atoms with E-state index in [0.717, 1.165) is 18.9 Å². The summed E-state index contributed by atoms with van der Waals surface area (Å²) in [6, 6.07) is 3.63. The van der Waals surface area contributed by atoms with Gasteiger partial charge in [0.15, 0.2) is 0 Å². The highest BCUT2D eigenvalue weighted by atomic mass is 35.5. The highest BCUT2D eigenvalue weighted by molar-refractivity contribution is 6.39. The summed E-state index contributed by atoms with van der Waals surface area (Å²) in [5.74, 6) is -1.94. The van der Waals surface area contributed by atoms with Gasteiger partial charge in [0.25, 0.3) is 0 Å². The lowest BCUT2D eigenvalue weighted by molar-refractivity contribution is -0.136. The SMILES string of the molecule is O=C(NCCC(O)C1CC1)C(=O)Nc1ccc(F)c(Cl)c1. The Balaban J connectivity index is 1.76. The largest absolute Gasteiger partial charge is 0.393 e. The highest BCUT2D eigenvalue weighted by Crippen LogP contribution is 2.33. The molecule has 0 radical (unpaired) electrons. The molecule has 0 aliphatic heterocycles. The van der Waals surface area contributed by atoms with Crippen LogP contribution in [0.3, 0.4) is 0 Å². The average molecular weight is 315 g/mol. The van der Waals surface area contributed by atoms with E-state index >= 15 is 0 Å². The Morgan fingerprint density at radius 3 is 2.71 bits per heavy atom. The van der Waals surface area contributed by atoms with Crippen LogP contribution in [0.2, 0.25) is 5.02 Å². The molecule has 1 aliphatic carbocycles. The number of nitrogens with one attached hydrogen (secondary N) is 2. The Morgan fingerprint density at radius 1 is 1.38 bits per heavy atom. The highest BCUT2D eigenvalue weighted by Gasteiger charge is 2.29. The maximum absolute atomic E-state index is 13.0. The fourth-order valence-corrected chi connectivity index (χ4v) is 2.07. The maximum atomic E-state index is 13.0. The van der Waals surface area contributed by atoms with Crippen molar-refractivity contribution >= 4 is 29.1 Å². The number of rotatable bonds is 5. The molecule has 0 bridgehead atoms. The van der Waals surface area contributed by atoms with Gasteiger partial charge in [-0.3, -0.25) is 9.59 Å². The van der Waals surface area contributed by atoms with Crippen molar-refractivity contribution in [2.24, 2.45) is 5.92 Å². The zero-order valence-electron chi connectivity index (χ0n) is 11.2. The molecule has 21 heavy (non-hydrogen) atoms. The molecule has 114 valence electrons. The predicted molar refractivity (Wildman–Crippen MR) is 76.4 cm³/mol. The van der Waals surface area contributed by atoms with Gasteiger partial charge in [-0.05, 0) is 43.4 Å². The van der Waals surface area contributed by atoms with Gasteiger partial charge in [0.05, 0.1) is 11.1 Å². The fourth-order valence-electron chi connectivity index (χ4n) is 1.89. The number of halogens is 2. The second kappa shape index (κ2) is 6.87. The normalized spacial score (nSPS) is 15.4. The molecule has 0 heterocycles. The molecular formula is C14H16ClFN2O3. The smallest absolute Gasteiger partial charge is 0.313 e. The predicted octanol–water partition coefficient (Wildman–Crippen LogP) is 1.69. The topological polar surface area (TPSA) is 78.4 Å². The lowest BCUT2D eigenvalue weighted by Crippen LogP contribution is -2.37. The minimum atomic E-state index is -0.862. The zero-order chi connectivity index (χ0) is 15.4. The summed E-state index contributed by atoms with van der Waals surface area (Å²) in [4.78, 5) is 23.2. The number of aliphatic hydroxyl groups is 1. The molecule has 3 N–H and O–H groups in total. The summed E-state index contributed by atoms with van der Waals surface area (Å²) >= 11 is 5.58. The van der Waals surface area contributed by atoms with E-state index in [1.165, 1.54) is 12.1 Å². The number of benzene rings is 1. The zero-order valence-corrected chi connectivity index (χ0v) is 12.0. The minimum Gasteiger partial charge on any atom is -0.393 e. The Morgan fingerprint density at radius 2 is 2.10 bits per heavy atom. The van der Waals surface area contributed by atoms with E-state index < -0.39 is 23.7 Å². The molecule has 1 atom stereocenters. The second-order valence-corrected chi connectivity index (χ2v) is 5.44. The van der Waals surface area contributed by atoms with E-state index in [1.54, 1.807) is 0 Å². The van der Waals surface area contributed by atoms with Gasteiger partial charge in [-0.2, -0.15) is 0 Å². The van der Waals surface area contributed by atoms with Crippen LogP contribution in [0.1, 0.15) is 19.3 Å². The van der Waals surface area contributed by atoms with Gasteiger partial charge in [0.1, 0.15) is 5.82 Å². The van der Waals surface area contributed by atoms with Crippen LogP contribution in [0, 0.1) is 11.7 Å². The number of carbonyl (C=O) groups excluding carboxylic acids is 2. The van der Waals surface area contributed by atoms with Gasteiger partial charge in [-0.25, -0.2) is 4.39 Å². The Bertz CT molecular complexity index is 549. The molecule has 1 fully saturated rings. The first-order valence-electron chi connectivity index (χ1n) is 6.69. The third-order valence-corrected chi connectivity index (χ3v) is 3.57. The fraction of sp³-hybridized carbons (Fsp3) is 0.429. The molecule has 2 amide bonds. The van der Waals surface area contributed by atoms with Crippen molar-refractivity contribution in [3.8, 4) is 0 Å². The van der Waals surface area contributed by atoms with Crippen LogP contribution in [0.15, 0.2) is 18.2 Å². The standard InChI is InChI=1S/C14H16ClFN2O3/c15-10-7-9(3-4-11(10)16)18-14(21)13(20)17-6-5-12(19)8-1-2-8/h3-4,7-8,12,19H,1-2,5-6H2,(H,17,20)(H,18,21). The van der Waals surface area contributed by atoms with Crippen molar-refractivity contribution in [2.45, 2.75) is 25.4 Å². The summed E-state index contributed by atoms with van der Waals surface area (Å²) < 4.78 is 13.0. The van der Waals surface area contributed by atoms with Crippen LogP contribution in [-0.4, -0.2) is 29.6 Å². The Kier molecular flexibility index (Phi) is 5.14. The summed E-state index contributed by atoms with van der Waals surface area (Å²) in [6.45, 7) is 0.230. The van der Waals surface area contributed by atoms with Crippen molar-refractivity contribution in [3.63, 3.8) is 0 Å². The van der Waals surface area contributed by atoms with Crippen molar-refractivity contribution in [1.29, 1.82) is 0 Å². The number of carbonyl (C=O) groups is 2. The van der Waals surface area contributed by atoms with Crippen LogP contribution in [0.5, 0.6) is 0 Å². The number of amides is 2. The van der Waals surface area contributed by atoms with E-state index in [-0.39, 0.29) is 17.3 Å². The molecule has 0 aromatic heterocycles. The molecule has 1 aromatic carbocycles. The van der Waals surface area contributed by atoms with Crippen LogP contribution < -0.4 is 10.6 Å². The number of aliphatic hydroxyl groups excluding tert-OH is 1. The molecule has 1 unspecified atom stereocenters. The minimum absolute atomic E-state index is 0.138. The molecule has 5 nitrogen and oxygen atoms in total. The summed E-state index contributed by atoms with van der Waals surface area (Å²) in [6.07, 6.45) is 2.03. The third-order valence-electron chi connectivity index (χ3n) is 3.28. The molecule has 1 aliphatic rings. The molecule has 7 heteroatoms. The van der Waals surface area contributed by atoms with Gasteiger partial charge in [0.2, 0.25) is 0 Å². The van der Waals surface area contributed by atoms with Crippen molar-refractivity contribution in [3.05, 3.63) is 29.0 Å². The van der Waals surface area contributed by atoms with E-state index in [0.29, 0.717) is 12.3 Å². The van der Waals surface area contributed by atoms with Gasteiger partial charge in [-0.1, -0.05) is 11.6 Å². The van der Waals surface area contributed by atoms with Crippen molar-refractivity contribution < 1.29 is 19.1 Å².